The minimum Gasteiger partial charge on any atom is -0.478 e. The average molecular weight is 158 g/mol. The quantitative estimate of drug-likeness (QED) is 0.603. The Morgan fingerprint density at radius 2 is 1.91 bits per heavy atom. The Morgan fingerprint density at radius 1 is 1.45 bits per heavy atom. The molecule has 0 aliphatic rings. The Hall–Kier alpha value is -0.830. The van der Waals surface area contributed by atoms with Crippen LogP contribution in [0.25, 0.3) is 0 Å². The van der Waals surface area contributed by atoms with Gasteiger partial charge >= 0.3 is 5.97 Å². The Balaban J connectivity index is 4.19. The Bertz CT molecular complexity index is 170. The smallest absolute Gasteiger partial charge is 0.331 e. The molecule has 3 heteroatoms. The van der Waals surface area contributed by atoms with Crippen LogP contribution >= 0.6 is 0 Å². The van der Waals surface area contributed by atoms with E-state index in [4.69, 9.17) is 5.11 Å². The van der Waals surface area contributed by atoms with E-state index >= 15 is 0 Å². The van der Waals surface area contributed by atoms with Crippen molar-refractivity contribution >= 4 is 5.97 Å². The third-order valence-corrected chi connectivity index (χ3v) is 1.44. The molecule has 0 saturated heterocycles. The van der Waals surface area contributed by atoms with Gasteiger partial charge in [-0.3, -0.25) is 0 Å². The van der Waals surface area contributed by atoms with E-state index in [1.54, 1.807) is 0 Å². The lowest BCUT2D eigenvalue weighted by molar-refractivity contribution is -0.132. The number of carboxylic acid groups (broad SMARTS) is 1. The van der Waals surface area contributed by atoms with E-state index in [0.29, 0.717) is 0 Å². The van der Waals surface area contributed by atoms with Gasteiger partial charge in [-0.15, -0.1) is 0 Å². The predicted octanol–water partition coefficient (Wildman–Crippen LogP) is 1.03. The summed E-state index contributed by atoms with van der Waals surface area (Å²) in [5.74, 6) is -0.922. The maximum absolute atomic E-state index is 10.3. The van der Waals surface area contributed by atoms with E-state index in [1.807, 2.05) is 13.8 Å². The number of carbonyl (C=O) groups is 1. The number of hydrogen-bond acceptors (Lipinski definition) is 2. The summed E-state index contributed by atoms with van der Waals surface area (Å²) in [5.41, 5.74) is 0.186. The van der Waals surface area contributed by atoms with Crippen molar-refractivity contribution < 1.29 is 15.0 Å². The molecule has 0 aromatic rings. The lowest BCUT2D eigenvalue weighted by Crippen LogP contribution is -2.13. The topological polar surface area (TPSA) is 57.5 Å². The van der Waals surface area contributed by atoms with Gasteiger partial charge in [-0.2, -0.15) is 0 Å². The number of rotatable bonds is 3. The lowest BCUT2D eigenvalue weighted by atomic mass is 10.1. The maximum Gasteiger partial charge on any atom is 0.331 e. The highest BCUT2D eigenvalue weighted by molar-refractivity contribution is 5.85. The molecule has 0 bridgehead atoms. The second-order valence-corrected chi connectivity index (χ2v) is 2.89. The molecule has 0 aromatic heterocycles. The molecule has 1 atom stereocenters. The molecule has 1 unspecified atom stereocenters. The molecule has 3 nitrogen and oxygen atoms in total. The van der Waals surface area contributed by atoms with Crippen LogP contribution in [0.4, 0.5) is 0 Å². The van der Waals surface area contributed by atoms with Crippen molar-refractivity contribution in [2.75, 3.05) is 0 Å². The molecule has 0 aliphatic carbocycles. The first-order valence-corrected chi connectivity index (χ1v) is 3.55. The van der Waals surface area contributed by atoms with Crippen LogP contribution in [-0.2, 0) is 4.79 Å². The van der Waals surface area contributed by atoms with Crippen molar-refractivity contribution in [1.82, 2.24) is 0 Å². The molecular formula is C8H14O3. The predicted molar refractivity (Wildman–Crippen MR) is 42.2 cm³/mol. The van der Waals surface area contributed by atoms with Crippen molar-refractivity contribution in [2.24, 2.45) is 5.92 Å². The fourth-order valence-corrected chi connectivity index (χ4v) is 0.520. The third-order valence-electron chi connectivity index (χ3n) is 1.44. The molecular weight excluding hydrogens is 144 g/mol. The molecule has 0 fully saturated rings. The molecule has 0 amide bonds. The third kappa shape index (κ3) is 3.78. The summed E-state index contributed by atoms with van der Waals surface area (Å²) in [7, 11) is 0. The zero-order chi connectivity index (χ0) is 9.02. The monoisotopic (exact) mass is 158 g/mol. The molecule has 2 N–H and O–H groups in total. The van der Waals surface area contributed by atoms with Crippen molar-refractivity contribution in [3.8, 4) is 0 Å². The average Bonchev–Trinajstić information content (AvgIpc) is 1.87. The number of carboxylic acids is 1. The molecule has 0 rings (SSSR count). The number of aliphatic carboxylic acids is 1. The number of aliphatic hydroxyl groups excluding tert-OH is 1. The van der Waals surface area contributed by atoms with Gasteiger partial charge in [0.05, 0.1) is 6.10 Å². The van der Waals surface area contributed by atoms with Gasteiger partial charge < -0.3 is 10.2 Å². The van der Waals surface area contributed by atoms with Crippen LogP contribution in [0.2, 0.25) is 0 Å². The summed E-state index contributed by atoms with van der Waals surface area (Å²) in [6, 6.07) is 0. The summed E-state index contributed by atoms with van der Waals surface area (Å²) in [6.07, 6.45) is 0.693. The van der Waals surface area contributed by atoms with Gasteiger partial charge in [0.25, 0.3) is 0 Å². The van der Waals surface area contributed by atoms with Crippen molar-refractivity contribution in [2.45, 2.75) is 26.9 Å². The van der Waals surface area contributed by atoms with E-state index in [2.05, 4.69) is 0 Å². The highest BCUT2D eigenvalue weighted by atomic mass is 16.4. The number of aliphatic hydroxyl groups is 1. The standard InChI is InChI=1S/C8H14O3/c1-5(2)7(9)4-6(3)8(10)11/h4-5,7,9H,1-3H3,(H,10,11). The van der Waals surface area contributed by atoms with Gasteiger partial charge in [0.15, 0.2) is 0 Å². The van der Waals surface area contributed by atoms with Gasteiger partial charge in [0.2, 0.25) is 0 Å². The van der Waals surface area contributed by atoms with Gasteiger partial charge in [0.1, 0.15) is 0 Å². The normalized spacial score (nSPS) is 15.2. The summed E-state index contributed by atoms with van der Waals surface area (Å²) in [6.45, 7) is 5.13. The fraction of sp³-hybridized carbons (Fsp3) is 0.625. The van der Waals surface area contributed by atoms with E-state index < -0.39 is 12.1 Å². The van der Waals surface area contributed by atoms with Crippen LogP contribution < -0.4 is 0 Å². The van der Waals surface area contributed by atoms with Crippen molar-refractivity contribution in [1.29, 1.82) is 0 Å². The first-order valence-electron chi connectivity index (χ1n) is 3.55. The Labute approximate surface area is 66.4 Å². The van der Waals surface area contributed by atoms with Gasteiger partial charge in [-0.05, 0) is 18.9 Å². The van der Waals surface area contributed by atoms with E-state index in [1.165, 1.54) is 13.0 Å². The molecule has 11 heavy (non-hydrogen) atoms. The first kappa shape index (κ1) is 10.2. The molecule has 0 radical (unpaired) electrons. The summed E-state index contributed by atoms with van der Waals surface area (Å²) < 4.78 is 0. The van der Waals surface area contributed by atoms with Gasteiger partial charge in [0, 0.05) is 5.57 Å². The zero-order valence-electron chi connectivity index (χ0n) is 7.03. The summed E-state index contributed by atoms with van der Waals surface area (Å²) in [5, 5.41) is 17.6. The number of hydrogen-bond donors (Lipinski definition) is 2. The van der Waals surface area contributed by atoms with E-state index in [9.17, 15) is 9.90 Å². The second-order valence-electron chi connectivity index (χ2n) is 2.89. The Kier molecular flexibility index (Phi) is 3.82. The van der Waals surface area contributed by atoms with Crippen LogP contribution in [0.15, 0.2) is 11.6 Å². The fourth-order valence-electron chi connectivity index (χ4n) is 0.520. The highest BCUT2D eigenvalue weighted by Gasteiger charge is 2.08. The summed E-state index contributed by atoms with van der Waals surface area (Å²) >= 11 is 0. The maximum atomic E-state index is 10.3. The van der Waals surface area contributed by atoms with Gasteiger partial charge in [-0.25, -0.2) is 4.79 Å². The second kappa shape index (κ2) is 4.13. The SMILES string of the molecule is CC(=CC(O)C(C)C)C(=O)O. The van der Waals surface area contributed by atoms with Crippen LogP contribution in [0.3, 0.4) is 0 Å². The molecule has 0 aromatic carbocycles. The van der Waals surface area contributed by atoms with Crippen LogP contribution in [0, 0.1) is 5.92 Å². The largest absolute Gasteiger partial charge is 0.478 e. The van der Waals surface area contributed by atoms with Gasteiger partial charge in [-0.1, -0.05) is 13.8 Å². The summed E-state index contributed by atoms with van der Waals surface area (Å²) in [4.78, 5) is 10.3. The van der Waals surface area contributed by atoms with Crippen LogP contribution in [0.1, 0.15) is 20.8 Å². The van der Waals surface area contributed by atoms with Crippen molar-refractivity contribution in [3.63, 3.8) is 0 Å². The highest BCUT2D eigenvalue weighted by Crippen LogP contribution is 2.05. The van der Waals surface area contributed by atoms with E-state index in [-0.39, 0.29) is 11.5 Å². The van der Waals surface area contributed by atoms with Crippen LogP contribution in [-0.4, -0.2) is 22.3 Å². The minimum atomic E-state index is -0.982. The zero-order valence-corrected chi connectivity index (χ0v) is 7.03. The van der Waals surface area contributed by atoms with Crippen molar-refractivity contribution in [3.05, 3.63) is 11.6 Å². The minimum absolute atomic E-state index is 0.0595. The Morgan fingerprint density at radius 3 is 2.18 bits per heavy atom. The lowest BCUT2D eigenvalue weighted by Gasteiger charge is -2.09. The molecule has 0 spiro atoms. The molecule has 0 aliphatic heterocycles. The van der Waals surface area contributed by atoms with E-state index in [0.717, 1.165) is 0 Å². The first-order chi connectivity index (χ1) is 4.95. The van der Waals surface area contributed by atoms with Crippen LogP contribution in [0.5, 0.6) is 0 Å². The molecule has 0 heterocycles. The molecule has 64 valence electrons. The molecule has 0 saturated carbocycles.